The van der Waals surface area contributed by atoms with Gasteiger partial charge in [-0.25, -0.2) is 4.79 Å². The molecule has 138 valence electrons. The zero-order valence-corrected chi connectivity index (χ0v) is 15.4. The van der Waals surface area contributed by atoms with Crippen LogP contribution in [-0.2, 0) is 16.8 Å². The van der Waals surface area contributed by atoms with Crippen molar-refractivity contribution in [3.8, 4) is 5.75 Å². The van der Waals surface area contributed by atoms with Crippen LogP contribution in [0.25, 0.3) is 0 Å². The second kappa shape index (κ2) is 7.76. The van der Waals surface area contributed by atoms with Crippen LogP contribution in [0.2, 0.25) is 5.02 Å². The lowest BCUT2D eigenvalue weighted by Crippen LogP contribution is -2.24. The highest BCUT2D eigenvalue weighted by Crippen LogP contribution is 2.28. The van der Waals surface area contributed by atoms with Crippen LogP contribution in [0.3, 0.4) is 0 Å². The van der Waals surface area contributed by atoms with Gasteiger partial charge in [-0.3, -0.25) is 9.68 Å². The number of nitrogens with one attached hydrogen (secondary N) is 1. The molecule has 0 aliphatic heterocycles. The molecule has 0 atom stereocenters. The summed E-state index contributed by atoms with van der Waals surface area (Å²) >= 11 is 5.85. The van der Waals surface area contributed by atoms with Crippen LogP contribution >= 0.6 is 11.6 Å². The summed E-state index contributed by atoms with van der Waals surface area (Å²) in [6.07, 6.45) is 0. The van der Waals surface area contributed by atoms with Crippen LogP contribution in [0, 0.1) is 0 Å². The minimum absolute atomic E-state index is 0.0778. The van der Waals surface area contributed by atoms with E-state index < -0.39 is 11.9 Å². The Hall–Kier alpha value is -2.57. The highest BCUT2D eigenvalue weighted by molar-refractivity contribution is 6.31. The molecule has 0 radical (unpaired) electrons. The predicted octanol–water partition coefficient (Wildman–Crippen LogP) is 3.90. The summed E-state index contributed by atoms with van der Waals surface area (Å²) in [4.78, 5) is 27.8. The zero-order valence-electron chi connectivity index (χ0n) is 14.7. The summed E-state index contributed by atoms with van der Waals surface area (Å²) in [5.41, 5.74) is 1.37. The molecule has 1 amide bonds. The first-order chi connectivity index (χ1) is 12.1. The van der Waals surface area contributed by atoms with E-state index in [1.807, 2.05) is 20.8 Å². The molecule has 2 aromatic carbocycles. The summed E-state index contributed by atoms with van der Waals surface area (Å²) in [7, 11) is 0. The van der Waals surface area contributed by atoms with Gasteiger partial charge in [0.2, 0.25) is 0 Å². The first-order valence-electron chi connectivity index (χ1n) is 7.89. The molecular formula is C19H20ClNO5. The predicted molar refractivity (Wildman–Crippen MR) is 97.5 cm³/mol. The molecule has 0 aliphatic rings. The Bertz CT molecular complexity index is 842. The van der Waals surface area contributed by atoms with Crippen LogP contribution in [0.1, 0.15) is 52.6 Å². The van der Waals surface area contributed by atoms with Crippen molar-refractivity contribution in [2.75, 3.05) is 0 Å². The van der Waals surface area contributed by atoms with Crippen LogP contribution in [-0.4, -0.2) is 22.2 Å². The van der Waals surface area contributed by atoms with Crippen molar-refractivity contribution in [1.82, 2.24) is 5.32 Å². The van der Waals surface area contributed by atoms with Crippen molar-refractivity contribution >= 4 is 23.5 Å². The molecule has 0 spiro atoms. The molecule has 0 aromatic heterocycles. The average molecular weight is 378 g/mol. The fourth-order valence-electron chi connectivity index (χ4n) is 2.52. The molecule has 6 nitrogen and oxygen atoms in total. The van der Waals surface area contributed by atoms with E-state index in [1.165, 1.54) is 24.3 Å². The van der Waals surface area contributed by atoms with E-state index in [0.29, 0.717) is 10.6 Å². The maximum absolute atomic E-state index is 12.3. The van der Waals surface area contributed by atoms with Gasteiger partial charge >= 0.3 is 5.97 Å². The third-order valence-corrected chi connectivity index (χ3v) is 4.09. The first-order valence-corrected chi connectivity index (χ1v) is 8.27. The number of carbonyl (C=O) groups excluding carboxylic acids is 2. The zero-order chi connectivity index (χ0) is 19.5. The fraction of sp³-hybridized carbons (Fsp3) is 0.263. The summed E-state index contributed by atoms with van der Waals surface area (Å²) in [5.74, 6) is -1.47. The quantitative estimate of drug-likeness (QED) is 0.554. The van der Waals surface area contributed by atoms with E-state index >= 15 is 0 Å². The molecular weight excluding hydrogens is 358 g/mol. The number of benzene rings is 2. The van der Waals surface area contributed by atoms with E-state index in [1.54, 1.807) is 12.1 Å². The highest BCUT2D eigenvalue weighted by Gasteiger charge is 2.23. The van der Waals surface area contributed by atoms with Crippen LogP contribution in [0.5, 0.6) is 5.75 Å². The number of hydrogen-bond acceptors (Lipinski definition) is 5. The van der Waals surface area contributed by atoms with E-state index in [9.17, 15) is 14.7 Å². The van der Waals surface area contributed by atoms with E-state index in [2.05, 4.69) is 10.2 Å². The van der Waals surface area contributed by atoms with Crippen LogP contribution in [0.4, 0.5) is 0 Å². The molecule has 0 heterocycles. The molecule has 26 heavy (non-hydrogen) atoms. The average Bonchev–Trinajstić information content (AvgIpc) is 2.60. The number of amides is 1. The first kappa shape index (κ1) is 19.8. The Morgan fingerprint density at radius 1 is 1.12 bits per heavy atom. The molecule has 0 aliphatic carbocycles. The third-order valence-electron chi connectivity index (χ3n) is 3.85. The SMILES string of the molecule is CC(C)(C)c1cc(CNC(=O)c2cc(Cl)ccc2O)ccc1C(=O)OO. The van der Waals surface area contributed by atoms with Gasteiger partial charge in [0, 0.05) is 11.6 Å². The Labute approximate surface area is 156 Å². The smallest absolute Gasteiger partial charge is 0.373 e. The van der Waals surface area contributed by atoms with Crippen LogP contribution < -0.4 is 5.32 Å². The van der Waals surface area contributed by atoms with Crippen LogP contribution in [0.15, 0.2) is 36.4 Å². The van der Waals surface area contributed by atoms with Crippen molar-refractivity contribution < 1.29 is 24.8 Å². The van der Waals surface area contributed by atoms with E-state index in [-0.39, 0.29) is 28.8 Å². The molecule has 2 aromatic rings. The van der Waals surface area contributed by atoms with E-state index in [0.717, 1.165) is 5.56 Å². The van der Waals surface area contributed by atoms with Crippen molar-refractivity contribution in [3.05, 3.63) is 63.7 Å². The third kappa shape index (κ3) is 4.53. The normalized spacial score (nSPS) is 11.1. The molecule has 3 N–H and O–H groups in total. The Balaban J connectivity index is 2.23. The summed E-state index contributed by atoms with van der Waals surface area (Å²) in [5, 5.41) is 21.5. The Morgan fingerprint density at radius 3 is 2.42 bits per heavy atom. The van der Waals surface area contributed by atoms with Gasteiger partial charge in [-0.2, -0.15) is 5.26 Å². The van der Waals surface area contributed by atoms with Crippen molar-refractivity contribution in [1.29, 1.82) is 0 Å². The van der Waals surface area contributed by atoms with Gasteiger partial charge in [0.15, 0.2) is 0 Å². The van der Waals surface area contributed by atoms with Gasteiger partial charge in [0.05, 0.1) is 11.1 Å². The largest absolute Gasteiger partial charge is 0.507 e. The van der Waals surface area contributed by atoms with Gasteiger partial charge in [0.1, 0.15) is 5.75 Å². The lowest BCUT2D eigenvalue weighted by Gasteiger charge is -2.22. The lowest BCUT2D eigenvalue weighted by molar-refractivity contribution is -0.182. The minimum Gasteiger partial charge on any atom is -0.507 e. The van der Waals surface area contributed by atoms with Gasteiger partial charge < -0.3 is 10.4 Å². The monoisotopic (exact) mass is 377 g/mol. The number of phenolic OH excluding ortho intramolecular Hbond substituents is 1. The summed E-state index contributed by atoms with van der Waals surface area (Å²) < 4.78 is 0. The number of halogens is 1. The Morgan fingerprint density at radius 2 is 1.81 bits per heavy atom. The number of rotatable bonds is 4. The second-order valence-corrected chi connectivity index (χ2v) is 7.29. The highest BCUT2D eigenvalue weighted by atomic mass is 35.5. The molecule has 0 saturated heterocycles. The topological polar surface area (TPSA) is 95.9 Å². The standard InChI is InChI=1S/C19H20ClNO5/c1-19(2,3)15-8-11(4-6-13(15)18(24)26-25)10-21-17(23)14-9-12(20)5-7-16(14)22/h4-9,22,25H,10H2,1-3H3,(H,21,23). The number of hydrogen-bond donors (Lipinski definition) is 3. The maximum atomic E-state index is 12.3. The number of carbonyl (C=O) groups is 2. The minimum atomic E-state index is -0.839. The summed E-state index contributed by atoms with van der Waals surface area (Å²) in [6, 6.07) is 9.18. The van der Waals surface area contributed by atoms with Gasteiger partial charge in [-0.1, -0.05) is 44.5 Å². The van der Waals surface area contributed by atoms with Crippen molar-refractivity contribution in [2.24, 2.45) is 0 Å². The Kier molecular flexibility index (Phi) is 5.90. The lowest BCUT2D eigenvalue weighted by atomic mass is 9.83. The number of phenols is 1. The molecule has 0 bridgehead atoms. The molecule has 7 heteroatoms. The number of aromatic hydroxyl groups is 1. The van der Waals surface area contributed by atoms with Crippen molar-refractivity contribution in [3.63, 3.8) is 0 Å². The fourth-order valence-corrected chi connectivity index (χ4v) is 2.69. The van der Waals surface area contributed by atoms with Crippen molar-refractivity contribution in [2.45, 2.75) is 32.7 Å². The van der Waals surface area contributed by atoms with Gasteiger partial charge in [-0.15, -0.1) is 0 Å². The summed E-state index contributed by atoms with van der Waals surface area (Å²) in [6.45, 7) is 5.94. The van der Waals surface area contributed by atoms with Gasteiger partial charge in [-0.05, 0) is 40.8 Å². The second-order valence-electron chi connectivity index (χ2n) is 6.85. The van der Waals surface area contributed by atoms with Gasteiger partial charge in [0.25, 0.3) is 5.91 Å². The molecule has 0 unspecified atom stereocenters. The maximum Gasteiger partial charge on any atom is 0.373 e. The molecule has 2 rings (SSSR count). The molecule has 0 saturated carbocycles. The van der Waals surface area contributed by atoms with E-state index in [4.69, 9.17) is 16.9 Å². The molecule has 0 fully saturated rings.